The van der Waals surface area contributed by atoms with Crippen LogP contribution in [0.25, 0.3) is 0 Å². The van der Waals surface area contributed by atoms with Gasteiger partial charge < -0.3 is 5.32 Å². The number of hydrogen-bond acceptors (Lipinski definition) is 1. The second kappa shape index (κ2) is 5.09. The van der Waals surface area contributed by atoms with Crippen LogP contribution in [0.15, 0.2) is 24.3 Å². The Bertz CT molecular complexity index is 350. The number of anilines is 1. The molecule has 1 N–H and O–H groups in total. The smallest absolute Gasteiger partial charge is 0.0637 e. The summed E-state index contributed by atoms with van der Waals surface area (Å²) >= 11 is 6.17. The van der Waals surface area contributed by atoms with Crippen molar-refractivity contribution in [3.05, 3.63) is 29.3 Å². The van der Waals surface area contributed by atoms with Crippen LogP contribution < -0.4 is 5.32 Å². The zero-order valence-electron chi connectivity index (χ0n) is 10.0. The van der Waals surface area contributed by atoms with E-state index in [9.17, 15) is 0 Å². The zero-order valence-corrected chi connectivity index (χ0v) is 10.8. The molecule has 1 aliphatic rings. The highest BCUT2D eigenvalue weighted by atomic mass is 35.5. The number of para-hydroxylation sites is 1. The zero-order chi connectivity index (χ0) is 11.5. The van der Waals surface area contributed by atoms with E-state index in [1.165, 1.54) is 19.3 Å². The molecule has 0 radical (unpaired) electrons. The van der Waals surface area contributed by atoms with E-state index in [1.807, 2.05) is 18.2 Å². The topological polar surface area (TPSA) is 12.0 Å². The van der Waals surface area contributed by atoms with Crippen LogP contribution in [0.4, 0.5) is 5.69 Å². The highest BCUT2D eigenvalue weighted by molar-refractivity contribution is 6.33. The van der Waals surface area contributed by atoms with Gasteiger partial charge in [0.15, 0.2) is 0 Å². The molecule has 3 atom stereocenters. The van der Waals surface area contributed by atoms with Crippen molar-refractivity contribution in [1.82, 2.24) is 0 Å². The van der Waals surface area contributed by atoms with Crippen LogP contribution in [-0.4, -0.2) is 6.04 Å². The van der Waals surface area contributed by atoms with Gasteiger partial charge in [-0.3, -0.25) is 0 Å². The van der Waals surface area contributed by atoms with E-state index in [2.05, 4.69) is 25.2 Å². The lowest BCUT2D eigenvalue weighted by atomic mass is 9.80. The summed E-state index contributed by atoms with van der Waals surface area (Å²) in [5, 5.41) is 4.42. The van der Waals surface area contributed by atoms with Crippen LogP contribution in [0.1, 0.15) is 33.1 Å². The van der Waals surface area contributed by atoms with Gasteiger partial charge in [0.1, 0.15) is 0 Å². The van der Waals surface area contributed by atoms with E-state index >= 15 is 0 Å². The second-order valence-electron chi connectivity index (χ2n) is 5.13. The van der Waals surface area contributed by atoms with E-state index in [4.69, 9.17) is 11.6 Å². The van der Waals surface area contributed by atoms with Crippen molar-refractivity contribution in [2.45, 2.75) is 39.2 Å². The minimum absolute atomic E-state index is 0.573. The molecule has 1 aromatic rings. The molecule has 1 fully saturated rings. The number of benzene rings is 1. The summed E-state index contributed by atoms with van der Waals surface area (Å²) < 4.78 is 0. The standard InChI is InChI=1S/C14H20ClN/c1-10-7-8-11(2)14(9-10)16-13-6-4-3-5-12(13)15/h3-6,10-11,14,16H,7-9H2,1-2H3. The third kappa shape index (κ3) is 2.70. The lowest BCUT2D eigenvalue weighted by molar-refractivity contribution is 0.281. The Labute approximate surface area is 103 Å². The fourth-order valence-corrected chi connectivity index (χ4v) is 2.70. The number of nitrogens with one attached hydrogen (secondary N) is 1. The molecular weight excluding hydrogens is 218 g/mol. The molecule has 0 saturated heterocycles. The Morgan fingerprint density at radius 1 is 1.19 bits per heavy atom. The predicted octanol–water partition coefficient (Wildman–Crippen LogP) is 4.58. The lowest BCUT2D eigenvalue weighted by Crippen LogP contribution is -2.33. The van der Waals surface area contributed by atoms with Crippen molar-refractivity contribution in [3.8, 4) is 0 Å². The van der Waals surface area contributed by atoms with Gasteiger partial charge in [-0.2, -0.15) is 0 Å². The number of hydrogen-bond donors (Lipinski definition) is 1. The molecule has 16 heavy (non-hydrogen) atoms. The molecule has 0 bridgehead atoms. The summed E-state index contributed by atoms with van der Waals surface area (Å²) in [6.07, 6.45) is 3.94. The Kier molecular flexibility index (Phi) is 3.75. The quantitative estimate of drug-likeness (QED) is 0.794. The lowest BCUT2D eigenvalue weighted by Gasteiger charge is -2.34. The Balaban J connectivity index is 2.06. The van der Waals surface area contributed by atoms with Crippen molar-refractivity contribution in [3.63, 3.8) is 0 Å². The average Bonchev–Trinajstić information content (AvgIpc) is 2.27. The first-order valence-corrected chi connectivity index (χ1v) is 6.55. The molecule has 0 spiro atoms. The predicted molar refractivity (Wildman–Crippen MR) is 71.0 cm³/mol. The van der Waals surface area contributed by atoms with Gasteiger partial charge in [0.25, 0.3) is 0 Å². The van der Waals surface area contributed by atoms with Crippen LogP contribution >= 0.6 is 11.6 Å². The molecule has 1 nitrogen and oxygen atoms in total. The third-order valence-electron chi connectivity index (χ3n) is 3.67. The van der Waals surface area contributed by atoms with Crippen molar-refractivity contribution < 1.29 is 0 Å². The number of halogens is 1. The summed E-state index contributed by atoms with van der Waals surface area (Å²) in [4.78, 5) is 0. The van der Waals surface area contributed by atoms with Gasteiger partial charge in [-0.05, 0) is 36.8 Å². The maximum atomic E-state index is 6.17. The van der Waals surface area contributed by atoms with Crippen molar-refractivity contribution in [2.75, 3.05) is 5.32 Å². The van der Waals surface area contributed by atoms with Gasteiger partial charge in [0.05, 0.1) is 10.7 Å². The van der Waals surface area contributed by atoms with Crippen molar-refractivity contribution in [2.24, 2.45) is 11.8 Å². The highest BCUT2D eigenvalue weighted by Crippen LogP contribution is 2.32. The maximum absolute atomic E-state index is 6.17. The van der Waals surface area contributed by atoms with Crippen LogP contribution in [0.5, 0.6) is 0 Å². The van der Waals surface area contributed by atoms with Crippen LogP contribution in [0.2, 0.25) is 5.02 Å². The van der Waals surface area contributed by atoms with E-state index in [-0.39, 0.29) is 0 Å². The average molecular weight is 238 g/mol. The molecule has 1 aromatic carbocycles. The molecule has 1 aliphatic carbocycles. The molecule has 2 heteroatoms. The van der Waals surface area contributed by atoms with Gasteiger partial charge in [-0.25, -0.2) is 0 Å². The van der Waals surface area contributed by atoms with E-state index < -0.39 is 0 Å². The first-order chi connectivity index (χ1) is 7.66. The van der Waals surface area contributed by atoms with E-state index in [0.29, 0.717) is 6.04 Å². The largest absolute Gasteiger partial charge is 0.381 e. The summed E-state index contributed by atoms with van der Waals surface area (Å²) in [5.41, 5.74) is 1.08. The van der Waals surface area contributed by atoms with Crippen molar-refractivity contribution >= 4 is 17.3 Å². The molecule has 88 valence electrons. The Hall–Kier alpha value is -0.690. The van der Waals surface area contributed by atoms with Crippen LogP contribution in [0.3, 0.4) is 0 Å². The van der Waals surface area contributed by atoms with Crippen molar-refractivity contribution in [1.29, 1.82) is 0 Å². The molecule has 1 saturated carbocycles. The Morgan fingerprint density at radius 2 is 1.94 bits per heavy atom. The monoisotopic (exact) mass is 237 g/mol. The molecule has 0 amide bonds. The molecule has 2 rings (SSSR count). The summed E-state index contributed by atoms with van der Waals surface area (Å²) in [7, 11) is 0. The normalized spacial score (nSPS) is 30.1. The Morgan fingerprint density at radius 3 is 2.69 bits per heavy atom. The molecule has 3 unspecified atom stereocenters. The van der Waals surface area contributed by atoms with Gasteiger partial charge in [-0.1, -0.05) is 44.0 Å². The van der Waals surface area contributed by atoms with Crippen LogP contribution in [0, 0.1) is 11.8 Å². The van der Waals surface area contributed by atoms with Gasteiger partial charge in [-0.15, -0.1) is 0 Å². The summed E-state index contributed by atoms with van der Waals surface area (Å²) in [5.74, 6) is 1.57. The third-order valence-corrected chi connectivity index (χ3v) is 4.00. The first-order valence-electron chi connectivity index (χ1n) is 6.18. The molecule has 0 heterocycles. The maximum Gasteiger partial charge on any atom is 0.0637 e. The second-order valence-corrected chi connectivity index (χ2v) is 5.53. The molecule has 0 aliphatic heterocycles. The van der Waals surface area contributed by atoms with E-state index in [0.717, 1.165) is 22.5 Å². The van der Waals surface area contributed by atoms with Gasteiger partial charge in [0, 0.05) is 6.04 Å². The fourth-order valence-electron chi connectivity index (χ4n) is 2.51. The van der Waals surface area contributed by atoms with E-state index in [1.54, 1.807) is 0 Å². The SMILES string of the molecule is CC1CCC(C)C(Nc2ccccc2Cl)C1. The minimum atomic E-state index is 0.573. The first kappa shape index (κ1) is 11.8. The van der Waals surface area contributed by atoms with Gasteiger partial charge in [0.2, 0.25) is 0 Å². The molecular formula is C14H20ClN. The molecule has 0 aromatic heterocycles. The summed E-state index contributed by atoms with van der Waals surface area (Å²) in [6.45, 7) is 4.67. The van der Waals surface area contributed by atoms with Gasteiger partial charge >= 0.3 is 0 Å². The minimum Gasteiger partial charge on any atom is -0.381 e. The fraction of sp³-hybridized carbons (Fsp3) is 0.571. The summed E-state index contributed by atoms with van der Waals surface area (Å²) in [6, 6.07) is 8.59. The van der Waals surface area contributed by atoms with Crippen LogP contribution in [-0.2, 0) is 0 Å². The highest BCUT2D eigenvalue weighted by Gasteiger charge is 2.25. The number of rotatable bonds is 2.